The zero-order valence-corrected chi connectivity index (χ0v) is 12.5. The van der Waals surface area contributed by atoms with E-state index in [2.05, 4.69) is 12.0 Å². The molecule has 6 heteroatoms. The average molecular weight is 308 g/mol. The lowest BCUT2D eigenvalue weighted by Gasteiger charge is -2.37. The molecule has 0 unspecified atom stereocenters. The molecule has 0 aliphatic carbocycles. The van der Waals surface area contributed by atoms with Crippen molar-refractivity contribution >= 4 is 23.3 Å². The third-order valence-electron chi connectivity index (χ3n) is 3.84. The van der Waals surface area contributed by atoms with Gasteiger partial charge in [-0.1, -0.05) is 17.7 Å². The maximum Gasteiger partial charge on any atom is 0.261 e. The molecule has 0 saturated heterocycles. The fraction of sp³-hybridized carbons (Fsp3) is 0.333. The van der Waals surface area contributed by atoms with Crippen LogP contribution in [0.25, 0.3) is 0 Å². The fourth-order valence-corrected chi connectivity index (χ4v) is 3.07. The van der Waals surface area contributed by atoms with E-state index in [1.165, 1.54) is 12.1 Å². The first-order chi connectivity index (χ1) is 10.0. The monoisotopic (exact) mass is 307 g/mol. The first kappa shape index (κ1) is 14.1. The summed E-state index contributed by atoms with van der Waals surface area (Å²) < 4.78 is 15.4. The maximum atomic E-state index is 13.6. The van der Waals surface area contributed by atoms with Gasteiger partial charge in [0.2, 0.25) is 0 Å². The summed E-state index contributed by atoms with van der Waals surface area (Å²) in [4.78, 5) is 14.4. The van der Waals surface area contributed by atoms with Crippen LogP contribution in [-0.4, -0.2) is 21.7 Å². The number of carbonyl (C=O) groups excluding carboxylic acids is 1. The highest BCUT2D eigenvalue weighted by Crippen LogP contribution is 2.33. The molecule has 0 radical (unpaired) electrons. The van der Waals surface area contributed by atoms with Gasteiger partial charge in [-0.2, -0.15) is 5.10 Å². The van der Waals surface area contributed by atoms with Gasteiger partial charge in [0.25, 0.3) is 5.91 Å². The van der Waals surface area contributed by atoms with Gasteiger partial charge in [-0.25, -0.2) is 9.07 Å². The Morgan fingerprint density at radius 3 is 2.86 bits per heavy atom. The summed E-state index contributed by atoms with van der Waals surface area (Å²) in [5.41, 5.74) is 0.172. The van der Waals surface area contributed by atoms with Gasteiger partial charge >= 0.3 is 0 Å². The summed E-state index contributed by atoms with van der Waals surface area (Å²) >= 11 is 5.94. The Hall–Kier alpha value is -1.88. The molecule has 2 heterocycles. The molecule has 2 atom stereocenters. The number of amides is 1. The number of anilines is 1. The lowest BCUT2D eigenvalue weighted by Crippen LogP contribution is -2.45. The number of carbonyl (C=O) groups is 1. The van der Waals surface area contributed by atoms with E-state index in [0.29, 0.717) is 5.82 Å². The standard InChI is InChI=1S/C15H15ClFN3O/c1-9-8-10(2)20-13(6-7-18-20)19(9)15(21)11-4-3-5-12(17)14(11)16/h3-7,9-10H,8H2,1-2H3/t9-,10-/m1/s1. The number of halogens is 2. The molecular formula is C15H15ClFN3O. The average Bonchev–Trinajstić information content (AvgIpc) is 2.91. The highest BCUT2D eigenvalue weighted by Gasteiger charge is 2.33. The number of aromatic nitrogens is 2. The number of hydrogen-bond acceptors (Lipinski definition) is 2. The molecule has 2 aromatic rings. The molecule has 21 heavy (non-hydrogen) atoms. The molecule has 0 fully saturated rings. The Balaban J connectivity index is 2.06. The van der Waals surface area contributed by atoms with Crippen LogP contribution in [0, 0.1) is 5.82 Å². The minimum absolute atomic E-state index is 0.00367. The number of rotatable bonds is 1. The van der Waals surface area contributed by atoms with Crippen LogP contribution in [0.5, 0.6) is 0 Å². The van der Waals surface area contributed by atoms with Crippen molar-refractivity contribution in [1.82, 2.24) is 9.78 Å². The minimum Gasteiger partial charge on any atom is -0.290 e. The lowest BCUT2D eigenvalue weighted by molar-refractivity contribution is 0.0966. The normalized spacial score (nSPS) is 21.2. The molecular weight excluding hydrogens is 293 g/mol. The number of hydrogen-bond donors (Lipinski definition) is 0. The van der Waals surface area contributed by atoms with E-state index < -0.39 is 5.82 Å². The molecule has 110 valence electrons. The molecule has 0 spiro atoms. The van der Waals surface area contributed by atoms with Gasteiger partial charge in [0, 0.05) is 12.1 Å². The van der Waals surface area contributed by atoms with Crippen LogP contribution in [-0.2, 0) is 0 Å². The first-order valence-corrected chi connectivity index (χ1v) is 7.19. The predicted octanol–water partition coefficient (Wildman–Crippen LogP) is 3.68. The third-order valence-corrected chi connectivity index (χ3v) is 4.22. The van der Waals surface area contributed by atoms with Crippen LogP contribution < -0.4 is 4.90 Å². The zero-order valence-electron chi connectivity index (χ0n) is 11.8. The van der Waals surface area contributed by atoms with E-state index in [1.807, 2.05) is 11.6 Å². The molecule has 1 aromatic heterocycles. The van der Waals surface area contributed by atoms with E-state index in [-0.39, 0.29) is 28.6 Å². The SMILES string of the molecule is C[C@@H]1C[C@@H](C)n2nccc2N1C(=O)c1cccc(F)c1Cl. The highest BCUT2D eigenvalue weighted by molar-refractivity contribution is 6.34. The van der Waals surface area contributed by atoms with E-state index >= 15 is 0 Å². The Kier molecular flexibility index (Phi) is 3.45. The van der Waals surface area contributed by atoms with Crippen LogP contribution in [0.15, 0.2) is 30.5 Å². The fourth-order valence-electron chi connectivity index (χ4n) is 2.87. The summed E-state index contributed by atoms with van der Waals surface area (Å²) in [6.07, 6.45) is 2.45. The molecule has 1 aliphatic rings. The lowest BCUT2D eigenvalue weighted by atomic mass is 10.0. The van der Waals surface area contributed by atoms with E-state index in [1.54, 1.807) is 23.2 Å². The van der Waals surface area contributed by atoms with Gasteiger partial charge in [-0.05, 0) is 32.4 Å². The van der Waals surface area contributed by atoms with Crippen molar-refractivity contribution < 1.29 is 9.18 Å². The van der Waals surface area contributed by atoms with Crippen LogP contribution in [0.3, 0.4) is 0 Å². The van der Waals surface area contributed by atoms with Crippen molar-refractivity contribution in [2.75, 3.05) is 4.90 Å². The Labute approximate surface area is 127 Å². The number of nitrogens with zero attached hydrogens (tertiary/aromatic N) is 3. The van der Waals surface area contributed by atoms with Crippen molar-refractivity contribution in [3.05, 3.63) is 46.9 Å². The van der Waals surface area contributed by atoms with Crippen LogP contribution in [0.4, 0.5) is 10.2 Å². The van der Waals surface area contributed by atoms with Gasteiger partial charge in [-0.15, -0.1) is 0 Å². The zero-order chi connectivity index (χ0) is 15.1. The van der Waals surface area contributed by atoms with Gasteiger partial charge in [0.05, 0.1) is 22.8 Å². The summed E-state index contributed by atoms with van der Waals surface area (Å²) in [6, 6.07) is 6.28. The molecule has 0 bridgehead atoms. The molecule has 0 N–H and O–H groups in total. The van der Waals surface area contributed by atoms with Gasteiger partial charge in [0.15, 0.2) is 0 Å². The quantitative estimate of drug-likeness (QED) is 0.806. The molecule has 0 saturated carbocycles. The largest absolute Gasteiger partial charge is 0.290 e. The number of fused-ring (bicyclic) bond motifs is 1. The highest BCUT2D eigenvalue weighted by atomic mass is 35.5. The molecule has 1 aromatic carbocycles. The van der Waals surface area contributed by atoms with Crippen LogP contribution >= 0.6 is 11.6 Å². The van der Waals surface area contributed by atoms with E-state index in [0.717, 1.165) is 6.42 Å². The summed E-state index contributed by atoms with van der Waals surface area (Å²) in [5, 5.41) is 4.11. The van der Waals surface area contributed by atoms with Crippen LogP contribution in [0.1, 0.15) is 36.7 Å². The summed E-state index contributed by atoms with van der Waals surface area (Å²) in [6.45, 7) is 4.03. The molecule has 4 nitrogen and oxygen atoms in total. The molecule has 3 rings (SSSR count). The van der Waals surface area contributed by atoms with Gasteiger partial charge in [-0.3, -0.25) is 9.69 Å². The van der Waals surface area contributed by atoms with Crippen molar-refractivity contribution in [2.24, 2.45) is 0 Å². The van der Waals surface area contributed by atoms with Crippen molar-refractivity contribution in [1.29, 1.82) is 0 Å². The van der Waals surface area contributed by atoms with Crippen LogP contribution in [0.2, 0.25) is 5.02 Å². The minimum atomic E-state index is -0.589. The van der Waals surface area contributed by atoms with Crippen molar-refractivity contribution in [3.8, 4) is 0 Å². The second-order valence-electron chi connectivity index (χ2n) is 5.34. The Bertz CT molecular complexity index is 700. The van der Waals surface area contributed by atoms with Crippen molar-refractivity contribution in [3.63, 3.8) is 0 Å². The topological polar surface area (TPSA) is 38.1 Å². The van der Waals surface area contributed by atoms with E-state index in [9.17, 15) is 9.18 Å². The van der Waals surface area contributed by atoms with Gasteiger partial charge < -0.3 is 0 Å². The Morgan fingerprint density at radius 2 is 2.10 bits per heavy atom. The maximum absolute atomic E-state index is 13.6. The van der Waals surface area contributed by atoms with Gasteiger partial charge in [0.1, 0.15) is 11.6 Å². The number of benzene rings is 1. The second kappa shape index (κ2) is 5.15. The third kappa shape index (κ3) is 2.21. The predicted molar refractivity (Wildman–Crippen MR) is 79.2 cm³/mol. The summed E-state index contributed by atoms with van der Waals surface area (Å²) in [5.74, 6) is -0.179. The molecule has 1 aliphatic heterocycles. The second-order valence-corrected chi connectivity index (χ2v) is 5.72. The van der Waals surface area contributed by atoms with E-state index in [4.69, 9.17) is 11.6 Å². The Morgan fingerprint density at radius 1 is 1.33 bits per heavy atom. The summed E-state index contributed by atoms with van der Waals surface area (Å²) in [7, 11) is 0. The molecule has 1 amide bonds. The first-order valence-electron chi connectivity index (χ1n) is 6.81. The smallest absolute Gasteiger partial charge is 0.261 e. The van der Waals surface area contributed by atoms with Crippen molar-refractivity contribution in [2.45, 2.75) is 32.4 Å².